The Morgan fingerprint density at radius 2 is 1.64 bits per heavy atom. The molecule has 0 aliphatic heterocycles. The molecule has 0 amide bonds. The van der Waals surface area contributed by atoms with Crippen molar-refractivity contribution in [2.24, 2.45) is 0 Å². The quantitative estimate of drug-likeness (QED) is 0.462. The van der Waals surface area contributed by atoms with Gasteiger partial charge in [0.2, 0.25) is 0 Å². The molecule has 0 N–H and O–H groups in total. The zero-order valence-electron chi connectivity index (χ0n) is 8.37. The van der Waals surface area contributed by atoms with Gasteiger partial charge in [-0.25, -0.2) is 0 Å². The second-order valence-corrected chi connectivity index (χ2v) is 2.65. The molecule has 0 aliphatic rings. The Morgan fingerprint density at radius 3 is 2.14 bits per heavy atom. The fourth-order valence-electron chi connectivity index (χ4n) is 0.689. The number of rotatable bonds is 6. The maximum Gasteiger partial charge on any atom is 0.317 e. The van der Waals surface area contributed by atoms with Gasteiger partial charge in [-0.3, -0.25) is 14.4 Å². The van der Waals surface area contributed by atoms with E-state index in [2.05, 4.69) is 9.47 Å². The molecule has 0 saturated heterocycles. The van der Waals surface area contributed by atoms with Gasteiger partial charge < -0.3 is 9.47 Å². The first-order valence-electron chi connectivity index (χ1n) is 4.37. The van der Waals surface area contributed by atoms with Crippen LogP contribution in [-0.2, 0) is 23.9 Å². The molecule has 0 unspecified atom stereocenters. The molecule has 5 nitrogen and oxygen atoms in total. The average Bonchev–Trinajstić information content (AvgIpc) is 2.03. The van der Waals surface area contributed by atoms with E-state index in [0.717, 1.165) is 0 Å². The highest BCUT2D eigenvalue weighted by Crippen LogP contribution is 1.92. The fourth-order valence-corrected chi connectivity index (χ4v) is 0.689. The summed E-state index contributed by atoms with van der Waals surface area (Å²) in [7, 11) is 0. The van der Waals surface area contributed by atoms with Crippen molar-refractivity contribution in [2.75, 3.05) is 13.2 Å². The first-order chi connectivity index (χ1) is 6.56. The van der Waals surface area contributed by atoms with Gasteiger partial charge in [-0.2, -0.15) is 0 Å². The second kappa shape index (κ2) is 7.06. The summed E-state index contributed by atoms with van der Waals surface area (Å²) in [5, 5.41) is 0. The normalized spacial score (nSPS) is 9.29. The summed E-state index contributed by atoms with van der Waals surface area (Å²) in [4.78, 5) is 32.1. The van der Waals surface area contributed by atoms with E-state index in [-0.39, 0.29) is 25.4 Å². The maximum atomic E-state index is 10.9. The molecule has 0 spiro atoms. The van der Waals surface area contributed by atoms with Crippen LogP contribution in [0.2, 0.25) is 0 Å². The van der Waals surface area contributed by atoms with Crippen molar-refractivity contribution in [3.63, 3.8) is 0 Å². The highest BCUT2D eigenvalue weighted by atomic mass is 16.6. The van der Waals surface area contributed by atoms with Gasteiger partial charge in [0.05, 0.1) is 13.2 Å². The van der Waals surface area contributed by atoms with E-state index in [4.69, 9.17) is 0 Å². The topological polar surface area (TPSA) is 69.7 Å². The minimum Gasteiger partial charge on any atom is -0.466 e. The van der Waals surface area contributed by atoms with Crippen molar-refractivity contribution < 1.29 is 23.9 Å². The Morgan fingerprint density at radius 1 is 1.07 bits per heavy atom. The van der Waals surface area contributed by atoms with Crippen molar-refractivity contribution in [1.29, 1.82) is 0 Å². The number of ketones is 1. The number of hydrogen-bond acceptors (Lipinski definition) is 5. The van der Waals surface area contributed by atoms with Crippen LogP contribution in [-0.4, -0.2) is 30.9 Å². The largest absolute Gasteiger partial charge is 0.466 e. The van der Waals surface area contributed by atoms with Gasteiger partial charge in [-0.05, 0) is 13.8 Å². The summed E-state index contributed by atoms with van der Waals surface area (Å²) in [6, 6.07) is 0. The molecular formula is C9H14O5. The van der Waals surface area contributed by atoms with E-state index < -0.39 is 18.4 Å². The maximum absolute atomic E-state index is 10.9. The van der Waals surface area contributed by atoms with E-state index in [0.29, 0.717) is 0 Å². The molecule has 0 bridgehead atoms. The van der Waals surface area contributed by atoms with E-state index in [1.165, 1.54) is 6.92 Å². The number of Topliss-reactive ketones (excluding diaryl/α,β-unsaturated/α-hetero) is 1. The third-order valence-electron chi connectivity index (χ3n) is 1.31. The molecule has 0 aliphatic carbocycles. The number of ether oxygens (including phenoxy) is 2. The van der Waals surface area contributed by atoms with Crippen LogP contribution in [0.25, 0.3) is 0 Å². The highest BCUT2D eigenvalue weighted by molar-refractivity contribution is 5.91. The van der Waals surface area contributed by atoms with Crippen molar-refractivity contribution in [1.82, 2.24) is 0 Å². The molecule has 0 saturated carbocycles. The van der Waals surface area contributed by atoms with Crippen LogP contribution in [0.4, 0.5) is 0 Å². The SMILES string of the molecule is CCOC(=O)CC(=O)OCCC(C)=O. The molecule has 14 heavy (non-hydrogen) atoms. The molecule has 80 valence electrons. The Balaban J connectivity index is 3.55. The third kappa shape index (κ3) is 7.27. The second-order valence-electron chi connectivity index (χ2n) is 2.65. The summed E-state index contributed by atoms with van der Waals surface area (Å²) in [6.07, 6.45) is -0.222. The number of carbonyl (C=O) groups excluding carboxylic acids is 3. The van der Waals surface area contributed by atoms with Crippen LogP contribution in [0.3, 0.4) is 0 Å². The minimum atomic E-state index is -0.662. The van der Waals surface area contributed by atoms with Gasteiger partial charge in [0.15, 0.2) is 0 Å². The molecule has 0 radical (unpaired) electrons. The molecular weight excluding hydrogens is 188 g/mol. The minimum absolute atomic E-state index is 0.0214. The highest BCUT2D eigenvalue weighted by Gasteiger charge is 2.11. The van der Waals surface area contributed by atoms with Gasteiger partial charge in [0.1, 0.15) is 12.2 Å². The summed E-state index contributed by atoms with van der Waals surface area (Å²) in [5.41, 5.74) is 0. The molecule has 5 heteroatoms. The molecule has 0 fully saturated rings. The van der Waals surface area contributed by atoms with Crippen LogP contribution in [0.15, 0.2) is 0 Å². The van der Waals surface area contributed by atoms with Crippen LogP contribution in [0.1, 0.15) is 26.7 Å². The summed E-state index contributed by atoms with van der Waals surface area (Å²) < 4.78 is 9.14. The lowest BCUT2D eigenvalue weighted by atomic mass is 10.3. The van der Waals surface area contributed by atoms with Crippen molar-refractivity contribution in [2.45, 2.75) is 26.7 Å². The fraction of sp³-hybridized carbons (Fsp3) is 0.667. The predicted molar refractivity (Wildman–Crippen MR) is 47.5 cm³/mol. The molecule has 0 rings (SSSR count). The van der Waals surface area contributed by atoms with Crippen LogP contribution < -0.4 is 0 Å². The van der Waals surface area contributed by atoms with Crippen LogP contribution in [0.5, 0.6) is 0 Å². The predicted octanol–water partition coefficient (Wildman–Crippen LogP) is 0.462. The van der Waals surface area contributed by atoms with E-state index in [1.54, 1.807) is 6.92 Å². The van der Waals surface area contributed by atoms with Gasteiger partial charge in [-0.15, -0.1) is 0 Å². The zero-order valence-corrected chi connectivity index (χ0v) is 8.37. The van der Waals surface area contributed by atoms with Crippen molar-refractivity contribution in [3.8, 4) is 0 Å². The lowest BCUT2D eigenvalue weighted by Crippen LogP contribution is -2.15. The van der Waals surface area contributed by atoms with Gasteiger partial charge >= 0.3 is 11.9 Å². The molecule has 0 aromatic rings. The molecule has 0 aromatic heterocycles. The van der Waals surface area contributed by atoms with E-state index in [1.807, 2.05) is 0 Å². The van der Waals surface area contributed by atoms with Gasteiger partial charge in [0, 0.05) is 6.42 Å². The molecule has 0 atom stereocenters. The van der Waals surface area contributed by atoms with E-state index in [9.17, 15) is 14.4 Å². The Labute approximate surface area is 82.4 Å². The Hall–Kier alpha value is -1.39. The first-order valence-corrected chi connectivity index (χ1v) is 4.37. The first kappa shape index (κ1) is 12.6. The van der Waals surface area contributed by atoms with Crippen molar-refractivity contribution in [3.05, 3.63) is 0 Å². The summed E-state index contributed by atoms with van der Waals surface area (Å²) >= 11 is 0. The lowest BCUT2D eigenvalue weighted by molar-refractivity contribution is -0.154. The third-order valence-corrected chi connectivity index (χ3v) is 1.31. The summed E-state index contributed by atoms with van der Waals surface area (Å²) in [6.45, 7) is 3.31. The lowest BCUT2D eigenvalue weighted by Gasteiger charge is -2.02. The smallest absolute Gasteiger partial charge is 0.317 e. The van der Waals surface area contributed by atoms with Crippen LogP contribution >= 0.6 is 0 Å². The van der Waals surface area contributed by atoms with Crippen molar-refractivity contribution >= 4 is 17.7 Å². The van der Waals surface area contributed by atoms with Gasteiger partial charge in [0.25, 0.3) is 0 Å². The summed E-state index contributed by atoms with van der Waals surface area (Å²) in [5.74, 6) is -1.33. The molecule has 0 aromatic carbocycles. The average molecular weight is 202 g/mol. The van der Waals surface area contributed by atoms with Gasteiger partial charge in [-0.1, -0.05) is 0 Å². The number of carbonyl (C=O) groups is 3. The monoisotopic (exact) mass is 202 g/mol. The number of esters is 2. The Kier molecular flexibility index (Phi) is 6.36. The zero-order chi connectivity index (χ0) is 11.0. The van der Waals surface area contributed by atoms with E-state index >= 15 is 0 Å². The van der Waals surface area contributed by atoms with Crippen LogP contribution in [0, 0.1) is 0 Å². The number of hydrogen-bond donors (Lipinski definition) is 0. The standard InChI is InChI=1S/C9H14O5/c1-3-13-8(11)6-9(12)14-5-4-7(2)10/h3-6H2,1-2H3. The molecule has 0 heterocycles. The Bertz CT molecular complexity index is 221.